The fraction of sp³-hybridized carbons (Fsp3) is 0.500. The Bertz CT molecular complexity index is 236. The third kappa shape index (κ3) is 1.70. The highest BCUT2D eigenvalue weighted by molar-refractivity contribution is 6.66. The first-order chi connectivity index (χ1) is 5.97. The molecule has 1 aromatic rings. The maximum absolute atomic E-state index is 5.66. The fourth-order valence-electron chi connectivity index (χ4n) is 1.30. The Morgan fingerprint density at radius 3 is 3.00 bits per heavy atom. The van der Waals surface area contributed by atoms with Gasteiger partial charge in [0.15, 0.2) is 0 Å². The highest BCUT2D eigenvalue weighted by Crippen LogP contribution is 2.09. The molecule has 1 saturated heterocycles. The monoisotopic (exact) mass is 179 g/mol. The molecule has 12 heavy (non-hydrogen) atoms. The van der Waals surface area contributed by atoms with E-state index in [1.807, 2.05) is 6.20 Å². The first-order valence-electron chi connectivity index (χ1n) is 4.22. The average molecular weight is 179 g/mol. The molecule has 2 rings (SSSR count). The molecule has 0 spiro atoms. The van der Waals surface area contributed by atoms with E-state index < -0.39 is 9.04 Å². The van der Waals surface area contributed by atoms with Gasteiger partial charge < -0.3 is 4.43 Å². The molecule has 1 aliphatic heterocycles. The molecule has 0 atom stereocenters. The van der Waals surface area contributed by atoms with Crippen molar-refractivity contribution in [3.63, 3.8) is 0 Å². The van der Waals surface area contributed by atoms with E-state index in [2.05, 4.69) is 9.97 Å². The number of hydrogen-bond donors (Lipinski definition) is 0. The maximum Gasteiger partial charge on any atom is 0.268 e. The summed E-state index contributed by atoms with van der Waals surface area (Å²) in [6.07, 6.45) is 7.76. The predicted molar refractivity (Wildman–Crippen MR) is 47.4 cm³/mol. The summed E-state index contributed by atoms with van der Waals surface area (Å²) in [7, 11) is -0.799. The summed E-state index contributed by atoms with van der Waals surface area (Å²) in [5.74, 6) is 0. The van der Waals surface area contributed by atoms with Crippen molar-refractivity contribution < 1.29 is 4.43 Å². The molecular formula is C8H11N2OSi. The average Bonchev–Trinajstić information content (AvgIpc) is 2.21. The van der Waals surface area contributed by atoms with Crippen molar-refractivity contribution in [1.29, 1.82) is 0 Å². The predicted octanol–water partition coefficient (Wildman–Crippen LogP) is 0.485. The van der Waals surface area contributed by atoms with Gasteiger partial charge in [0.2, 0.25) is 0 Å². The third-order valence-corrected chi connectivity index (χ3v) is 4.11. The normalized spacial score (nSPS) is 19.3. The second kappa shape index (κ2) is 3.78. The lowest BCUT2D eigenvalue weighted by molar-refractivity contribution is 0.294. The Balaban J connectivity index is 2.08. The van der Waals surface area contributed by atoms with Crippen LogP contribution in [-0.4, -0.2) is 25.6 Å². The highest BCUT2D eigenvalue weighted by Gasteiger charge is 2.20. The minimum absolute atomic E-state index is 0.799. The van der Waals surface area contributed by atoms with Crippen LogP contribution in [0.15, 0.2) is 18.6 Å². The van der Waals surface area contributed by atoms with Crippen LogP contribution >= 0.6 is 0 Å². The molecule has 1 aromatic heterocycles. The third-order valence-electron chi connectivity index (χ3n) is 1.92. The number of nitrogens with zero attached hydrogens (tertiary/aromatic N) is 2. The fourth-order valence-corrected chi connectivity index (χ4v) is 3.25. The molecule has 0 bridgehead atoms. The minimum Gasteiger partial charge on any atom is -0.410 e. The van der Waals surface area contributed by atoms with Gasteiger partial charge in [-0.3, -0.25) is 9.97 Å². The van der Waals surface area contributed by atoms with Gasteiger partial charge in [0.25, 0.3) is 9.04 Å². The zero-order valence-corrected chi connectivity index (χ0v) is 7.86. The van der Waals surface area contributed by atoms with Gasteiger partial charge >= 0.3 is 0 Å². The highest BCUT2D eigenvalue weighted by atomic mass is 28.3. The summed E-state index contributed by atoms with van der Waals surface area (Å²) in [6, 6.07) is 1.18. The Kier molecular flexibility index (Phi) is 2.48. The Morgan fingerprint density at radius 2 is 2.33 bits per heavy atom. The van der Waals surface area contributed by atoms with Crippen LogP contribution in [0.1, 0.15) is 12.8 Å². The first kappa shape index (κ1) is 7.88. The quantitative estimate of drug-likeness (QED) is 0.588. The van der Waals surface area contributed by atoms with Crippen molar-refractivity contribution in [3.05, 3.63) is 18.6 Å². The van der Waals surface area contributed by atoms with Gasteiger partial charge in [-0.2, -0.15) is 0 Å². The van der Waals surface area contributed by atoms with Gasteiger partial charge in [-0.25, -0.2) is 0 Å². The van der Waals surface area contributed by atoms with Crippen molar-refractivity contribution in [2.24, 2.45) is 0 Å². The molecule has 1 aliphatic rings. The molecule has 3 nitrogen and oxygen atoms in total. The molecule has 1 fully saturated rings. The SMILES string of the molecule is c1cnc([Si]2CCCCO2)cn1. The van der Waals surface area contributed by atoms with Crippen LogP contribution < -0.4 is 5.32 Å². The van der Waals surface area contributed by atoms with Gasteiger partial charge in [0, 0.05) is 25.2 Å². The van der Waals surface area contributed by atoms with Crippen LogP contribution in [0.3, 0.4) is 0 Å². The van der Waals surface area contributed by atoms with E-state index in [-0.39, 0.29) is 0 Å². The van der Waals surface area contributed by atoms with Crippen LogP contribution in [0, 0.1) is 0 Å². The molecular weight excluding hydrogens is 168 g/mol. The van der Waals surface area contributed by atoms with E-state index in [4.69, 9.17) is 4.43 Å². The molecule has 0 aromatic carbocycles. The van der Waals surface area contributed by atoms with E-state index in [1.54, 1.807) is 12.4 Å². The second-order valence-electron chi connectivity index (χ2n) is 2.82. The summed E-state index contributed by atoms with van der Waals surface area (Å²) in [4.78, 5) is 8.30. The van der Waals surface area contributed by atoms with Crippen molar-refractivity contribution in [3.8, 4) is 0 Å². The summed E-state index contributed by atoms with van der Waals surface area (Å²) in [5, 5.41) is 1.07. The molecule has 0 saturated carbocycles. The zero-order chi connectivity index (χ0) is 8.23. The summed E-state index contributed by atoms with van der Waals surface area (Å²) in [5.41, 5.74) is 0. The summed E-state index contributed by atoms with van der Waals surface area (Å²) < 4.78 is 5.66. The maximum atomic E-state index is 5.66. The minimum atomic E-state index is -0.799. The standard InChI is InChI=1S/C8H11N2OSi/c1-2-6-12(11-5-1)8-7-9-3-4-10-8/h3-4,7H,1-2,5-6H2. The van der Waals surface area contributed by atoms with Crippen LogP contribution in [0.5, 0.6) is 0 Å². The lowest BCUT2D eigenvalue weighted by Crippen LogP contribution is -2.38. The van der Waals surface area contributed by atoms with Crippen LogP contribution in [0.2, 0.25) is 6.04 Å². The molecule has 0 unspecified atom stereocenters. The Morgan fingerprint density at radius 1 is 1.33 bits per heavy atom. The van der Waals surface area contributed by atoms with Gasteiger partial charge in [0.05, 0.1) is 5.32 Å². The smallest absolute Gasteiger partial charge is 0.268 e. The van der Waals surface area contributed by atoms with Crippen molar-refractivity contribution in [1.82, 2.24) is 9.97 Å². The molecule has 1 radical (unpaired) electrons. The second-order valence-corrected chi connectivity index (χ2v) is 4.97. The lowest BCUT2D eigenvalue weighted by Gasteiger charge is -2.18. The summed E-state index contributed by atoms with van der Waals surface area (Å²) >= 11 is 0. The van der Waals surface area contributed by atoms with Gasteiger partial charge in [0.1, 0.15) is 0 Å². The van der Waals surface area contributed by atoms with Crippen molar-refractivity contribution in [2.75, 3.05) is 6.61 Å². The van der Waals surface area contributed by atoms with E-state index in [9.17, 15) is 0 Å². The topological polar surface area (TPSA) is 35.0 Å². The van der Waals surface area contributed by atoms with Gasteiger partial charge in [-0.05, 0) is 12.5 Å². The van der Waals surface area contributed by atoms with Gasteiger partial charge in [-0.15, -0.1) is 0 Å². The van der Waals surface area contributed by atoms with E-state index in [1.165, 1.54) is 18.9 Å². The molecule has 63 valence electrons. The van der Waals surface area contributed by atoms with Crippen LogP contribution in [0.4, 0.5) is 0 Å². The van der Waals surface area contributed by atoms with Crippen molar-refractivity contribution >= 4 is 14.4 Å². The first-order valence-corrected chi connectivity index (χ1v) is 5.83. The van der Waals surface area contributed by atoms with Crippen LogP contribution in [0.25, 0.3) is 0 Å². The molecule has 4 heteroatoms. The Labute approximate surface area is 73.5 Å². The van der Waals surface area contributed by atoms with E-state index in [0.717, 1.165) is 11.9 Å². The van der Waals surface area contributed by atoms with Crippen LogP contribution in [-0.2, 0) is 4.43 Å². The number of rotatable bonds is 1. The zero-order valence-electron chi connectivity index (χ0n) is 6.86. The van der Waals surface area contributed by atoms with E-state index >= 15 is 0 Å². The van der Waals surface area contributed by atoms with Gasteiger partial charge in [-0.1, -0.05) is 6.42 Å². The largest absolute Gasteiger partial charge is 0.410 e. The lowest BCUT2D eigenvalue weighted by atomic mass is 10.4. The molecule has 0 amide bonds. The van der Waals surface area contributed by atoms with E-state index in [0.29, 0.717) is 0 Å². The molecule has 0 aliphatic carbocycles. The summed E-state index contributed by atoms with van der Waals surface area (Å²) in [6.45, 7) is 0.908. The van der Waals surface area contributed by atoms with Crippen molar-refractivity contribution in [2.45, 2.75) is 18.9 Å². The number of aromatic nitrogens is 2. The molecule has 0 N–H and O–H groups in total. The molecule has 2 heterocycles. The number of hydrogen-bond acceptors (Lipinski definition) is 3. The Hall–Kier alpha value is -0.743.